The van der Waals surface area contributed by atoms with Crippen LogP contribution < -0.4 is 4.90 Å². The second-order valence-electron chi connectivity index (χ2n) is 7.26. The number of hydrogen-bond donors (Lipinski definition) is 1. The normalized spacial score (nSPS) is 17.8. The standard InChI is InChI=1S/C24H24N4O4S/c1-17-22(28-24(33-17)27(16-25-28)19-9-4-3-5-10-19)12-13-26-32-14-18-8-6-7-11-20(18)21(15-31-2)23(29)30/h3-11,13,15-16,24H,12,14H2,1-2H3,(H,29,30)/b21-15+,26-13?. The van der Waals surface area contributed by atoms with Gasteiger partial charge in [0.25, 0.3) is 0 Å². The van der Waals surface area contributed by atoms with Crippen LogP contribution in [0.3, 0.4) is 0 Å². The van der Waals surface area contributed by atoms with Gasteiger partial charge >= 0.3 is 5.97 Å². The summed E-state index contributed by atoms with van der Waals surface area (Å²) in [6.45, 7) is 2.22. The maximum absolute atomic E-state index is 11.6. The van der Waals surface area contributed by atoms with Gasteiger partial charge in [-0.3, -0.25) is 4.90 Å². The van der Waals surface area contributed by atoms with Gasteiger partial charge in [0.05, 0.1) is 19.1 Å². The van der Waals surface area contributed by atoms with Gasteiger partial charge < -0.3 is 14.7 Å². The fourth-order valence-electron chi connectivity index (χ4n) is 3.61. The molecule has 2 aromatic carbocycles. The number of carboxylic acid groups (broad SMARTS) is 1. The second kappa shape index (κ2) is 10.3. The van der Waals surface area contributed by atoms with Crippen molar-refractivity contribution in [1.29, 1.82) is 0 Å². The molecule has 170 valence electrons. The van der Waals surface area contributed by atoms with E-state index < -0.39 is 5.97 Å². The highest BCUT2D eigenvalue weighted by atomic mass is 32.2. The number of thioether (sulfide) groups is 1. The minimum Gasteiger partial charge on any atom is -0.503 e. The van der Waals surface area contributed by atoms with Crippen molar-refractivity contribution in [3.63, 3.8) is 0 Å². The van der Waals surface area contributed by atoms with Crippen molar-refractivity contribution >= 4 is 41.5 Å². The van der Waals surface area contributed by atoms with Crippen molar-refractivity contribution in [1.82, 2.24) is 5.01 Å². The van der Waals surface area contributed by atoms with E-state index in [1.807, 2.05) is 35.6 Å². The number of methoxy groups -OCH3 is 1. The van der Waals surface area contributed by atoms with E-state index in [2.05, 4.69) is 34.2 Å². The molecule has 0 aliphatic carbocycles. The highest BCUT2D eigenvalue weighted by molar-refractivity contribution is 8.04. The smallest absolute Gasteiger partial charge is 0.339 e. The molecule has 0 bridgehead atoms. The minimum atomic E-state index is -1.07. The van der Waals surface area contributed by atoms with E-state index in [4.69, 9.17) is 9.57 Å². The van der Waals surface area contributed by atoms with Crippen LogP contribution in [0.1, 0.15) is 24.5 Å². The Morgan fingerprint density at radius 3 is 2.73 bits per heavy atom. The Morgan fingerprint density at radius 1 is 1.21 bits per heavy atom. The summed E-state index contributed by atoms with van der Waals surface area (Å²) in [6.07, 6.45) is 5.33. The second-order valence-corrected chi connectivity index (χ2v) is 8.53. The SMILES string of the molecule is CO/C=C(/C(=O)O)c1ccccc1CON=CCC1=C(C)SC2N1N=CN2c1ccccc1. The molecule has 0 saturated heterocycles. The molecule has 1 unspecified atom stereocenters. The van der Waals surface area contributed by atoms with Gasteiger partial charge in [0.2, 0.25) is 0 Å². The van der Waals surface area contributed by atoms with Crippen LogP contribution in [-0.2, 0) is 21.0 Å². The van der Waals surface area contributed by atoms with E-state index in [0.717, 1.165) is 11.4 Å². The average molecular weight is 465 g/mol. The summed E-state index contributed by atoms with van der Waals surface area (Å²) in [5.74, 6) is -1.07. The van der Waals surface area contributed by atoms with E-state index in [0.29, 0.717) is 17.5 Å². The molecule has 1 atom stereocenters. The number of aliphatic carboxylic acids is 1. The average Bonchev–Trinajstić information content (AvgIpc) is 3.36. The monoisotopic (exact) mass is 464 g/mol. The quantitative estimate of drug-likeness (QED) is 0.250. The summed E-state index contributed by atoms with van der Waals surface area (Å²) in [6, 6.07) is 17.3. The van der Waals surface area contributed by atoms with Crippen molar-refractivity contribution in [2.75, 3.05) is 12.0 Å². The molecule has 9 heteroatoms. The fourth-order valence-corrected chi connectivity index (χ4v) is 4.81. The van der Waals surface area contributed by atoms with Crippen molar-refractivity contribution in [3.05, 3.63) is 82.6 Å². The molecule has 0 spiro atoms. The molecule has 4 rings (SSSR count). The largest absolute Gasteiger partial charge is 0.503 e. The Labute approximate surface area is 196 Å². The van der Waals surface area contributed by atoms with E-state index in [-0.39, 0.29) is 17.7 Å². The lowest BCUT2D eigenvalue weighted by Crippen LogP contribution is -2.33. The number of ether oxygens (including phenoxy) is 1. The molecule has 2 heterocycles. The van der Waals surface area contributed by atoms with E-state index in [1.165, 1.54) is 18.3 Å². The number of hydrogen-bond acceptors (Lipinski definition) is 8. The zero-order valence-electron chi connectivity index (χ0n) is 18.3. The van der Waals surface area contributed by atoms with Crippen LogP contribution in [0, 0.1) is 0 Å². The van der Waals surface area contributed by atoms with Crippen molar-refractivity contribution < 1.29 is 19.5 Å². The molecule has 0 fully saturated rings. The molecule has 8 nitrogen and oxygen atoms in total. The fraction of sp³-hybridized carbons (Fsp3) is 0.208. The number of para-hydroxylation sites is 1. The summed E-state index contributed by atoms with van der Waals surface area (Å²) in [7, 11) is 1.42. The maximum Gasteiger partial charge on any atom is 0.339 e. The van der Waals surface area contributed by atoms with Crippen molar-refractivity contribution in [3.8, 4) is 0 Å². The van der Waals surface area contributed by atoms with Gasteiger partial charge in [-0.15, -0.1) is 0 Å². The third-order valence-electron chi connectivity index (χ3n) is 5.19. The molecule has 2 aromatic rings. The molecule has 0 radical (unpaired) electrons. The predicted molar refractivity (Wildman–Crippen MR) is 130 cm³/mol. The van der Waals surface area contributed by atoms with Crippen LogP contribution in [0.2, 0.25) is 0 Å². The molecule has 2 aliphatic heterocycles. The van der Waals surface area contributed by atoms with Gasteiger partial charge in [0, 0.05) is 28.8 Å². The van der Waals surface area contributed by atoms with E-state index >= 15 is 0 Å². The molecule has 0 aromatic heterocycles. The summed E-state index contributed by atoms with van der Waals surface area (Å²) >= 11 is 1.75. The first-order valence-corrected chi connectivity index (χ1v) is 11.2. The van der Waals surface area contributed by atoms with Crippen LogP contribution >= 0.6 is 11.8 Å². The number of benzene rings is 2. The lowest BCUT2D eigenvalue weighted by Gasteiger charge is -2.24. The lowest BCUT2D eigenvalue weighted by atomic mass is 10.0. The molecule has 33 heavy (non-hydrogen) atoms. The van der Waals surface area contributed by atoms with Crippen molar-refractivity contribution in [2.24, 2.45) is 10.3 Å². The summed E-state index contributed by atoms with van der Waals surface area (Å²) in [5, 5.41) is 20.1. The van der Waals surface area contributed by atoms with Gasteiger partial charge in [-0.05, 0) is 24.6 Å². The first-order chi connectivity index (χ1) is 16.1. The molecular weight excluding hydrogens is 440 g/mol. The third kappa shape index (κ3) is 4.88. The van der Waals surface area contributed by atoms with Crippen LogP contribution in [0.4, 0.5) is 5.69 Å². The molecule has 1 N–H and O–H groups in total. The van der Waals surface area contributed by atoms with Gasteiger partial charge in [0.1, 0.15) is 18.5 Å². The predicted octanol–water partition coefficient (Wildman–Crippen LogP) is 4.68. The topological polar surface area (TPSA) is 87.0 Å². The van der Waals surface area contributed by atoms with Gasteiger partial charge in [-0.25, -0.2) is 9.80 Å². The zero-order valence-corrected chi connectivity index (χ0v) is 19.1. The van der Waals surface area contributed by atoms with Gasteiger partial charge in [-0.2, -0.15) is 5.10 Å². The van der Waals surface area contributed by atoms with E-state index in [9.17, 15) is 9.90 Å². The summed E-state index contributed by atoms with van der Waals surface area (Å²) < 4.78 is 4.92. The molecule has 0 amide bonds. The third-order valence-corrected chi connectivity index (χ3v) is 6.42. The number of allylic oxidation sites excluding steroid dienone is 2. The van der Waals surface area contributed by atoms with Gasteiger partial charge in [-0.1, -0.05) is 59.4 Å². The zero-order chi connectivity index (χ0) is 23.2. The van der Waals surface area contributed by atoms with Gasteiger partial charge in [0.15, 0.2) is 5.50 Å². The molecule has 0 saturated carbocycles. The molecular formula is C24H24N4O4S. The van der Waals surface area contributed by atoms with Crippen LogP contribution in [-0.4, -0.2) is 41.2 Å². The Bertz CT molecular complexity index is 1130. The number of anilines is 1. The number of rotatable bonds is 9. The maximum atomic E-state index is 11.6. The Kier molecular flexibility index (Phi) is 6.99. The van der Waals surface area contributed by atoms with Crippen LogP contribution in [0.25, 0.3) is 5.57 Å². The lowest BCUT2D eigenvalue weighted by molar-refractivity contribution is -0.130. The Hall–Kier alpha value is -3.72. The number of nitrogens with zero attached hydrogens (tertiary/aromatic N) is 4. The Morgan fingerprint density at radius 2 is 1.97 bits per heavy atom. The number of carbonyl (C=O) groups is 1. The molecule has 2 aliphatic rings. The summed E-state index contributed by atoms with van der Waals surface area (Å²) in [5.41, 5.74) is 3.52. The minimum absolute atomic E-state index is 0.0605. The Balaban J connectivity index is 1.36. The van der Waals surface area contributed by atoms with Crippen LogP contribution in [0.5, 0.6) is 0 Å². The number of carboxylic acids is 1. The number of oxime groups is 1. The van der Waals surface area contributed by atoms with Crippen LogP contribution in [0.15, 0.2) is 81.7 Å². The first kappa shape index (κ1) is 22.5. The summed E-state index contributed by atoms with van der Waals surface area (Å²) in [4.78, 5) is 20.4. The highest BCUT2D eigenvalue weighted by Crippen LogP contribution is 2.43. The first-order valence-electron chi connectivity index (χ1n) is 10.3. The number of hydrazone groups is 1. The number of fused-ring (bicyclic) bond motifs is 1. The highest BCUT2D eigenvalue weighted by Gasteiger charge is 2.38. The van der Waals surface area contributed by atoms with Crippen molar-refractivity contribution in [2.45, 2.75) is 25.4 Å². The van der Waals surface area contributed by atoms with E-state index in [1.54, 1.807) is 36.2 Å².